The molecule has 5 N–H and O–H groups in total. The molecule has 0 radical (unpaired) electrons. The van der Waals surface area contributed by atoms with Gasteiger partial charge in [-0.3, -0.25) is 4.98 Å². The highest BCUT2D eigenvalue weighted by atomic mass is 19.1. The van der Waals surface area contributed by atoms with Crippen molar-refractivity contribution in [2.24, 2.45) is 0 Å². The van der Waals surface area contributed by atoms with Crippen LogP contribution in [-0.4, -0.2) is 96.2 Å². The molecule has 4 unspecified atom stereocenters. The van der Waals surface area contributed by atoms with Gasteiger partial charge in [0.25, 0.3) is 0 Å². The number of phenolic OH excluding ortho intramolecular Hbond substituents is 1. The summed E-state index contributed by atoms with van der Waals surface area (Å²) >= 11 is 0. The first-order chi connectivity index (χ1) is 22.1. The van der Waals surface area contributed by atoms with Crippen LogP contribution >= 0.6 is 0 Å². The fraction of sp³-hybridized carbons (Fsp3) is 0.424. The summed E-state index contributed by atoms with van der Waals surface area (Å²) in [6, 6.07) is 5.59. The Morgan fingerprint density at radius 2 is 1.98 bits per heavy atom. The first-order valence-corrected chi connectivity index (χ1v) is 15.4. The van der Waals surface area contributed by atoms with Crippen molar-refractivity contribution in [1.82, 2.24) is 25.2 Å². The van der Waals surface area contributed by atoms with Crippen molar-refractivity contribution in [3.63, 3.8) is 0 Å². The molecule has 7 heterocycles. The van der Waals surface area contributed by atoms with E-state index in [1.54, 1.807) is 0 Å². The lowest BCUT2D eigenvalue weighted by molar-refractivity contribution is -0.257. The largest absolute Gasteiger partial charge is 0.508 e. The summed E-state index contributed by atoms with van der Waals surface area (Å²) in [6.45, 7) is 1.39. The van der Waals surface area contributed by atoms with E-state index in [-0.39, 0.29) is 77.6 Å². The number of β-amino-alcohol motifs (C(OH)–C–C–N with tert-alkyl or cyclic N) is 1. The molecule has 4 aromatic rings. The molecule has 13 heteroatoms. The Kier molecular flexibility index (Phi) is 6.62. The predicted molar refractivity (Wildman–Crippen MR) is 164 cm³/mol. The van der Waals surface area contributed by atoms with Gasteiger partial charge in [-0.15, -0.1) is 6.42 Å². The summed E-state index contributed by atoms with van der Waals surface area (Å²) in [5, 5.41) is 46.5. The van der Waals surface area contributed by atoms with Crippen LogP contribution in [0.3, 0.4) is 0 Å². The zero-order chi connectivity index (χ0) is 32.0. The van der Waals surface area contributed by atoms with Gasteiger partial charge in [0.05, 0.1) is 22.6 Å². The van der Waals surface area contributed by atoms with E-state index < -0.39 is 29.2 Å². The summed E-state index contributed by atoms with van der Waals surface area (Å²) < 4.78 is 37.8. The van der Waals surface area contributed by atoms with Gasteiger partial charge < -0.3 is 35.4 Å². The fourth-order valence-electron chi connectivity index (χ4n) is 7.94. The summed E-state index contributed by atoms with van der Waals surface area (Å²) in [7, 11) is 0. The SMILES string of the molecule is C#Cc1c(F)ccc2cc(O)cc(-c3ncc4c(N5CC6CCC5CN6)nc(OCC56CCC(O)(O)N5CC(O)C6)nc4c3F)c12. The van der Waals surface area contributed by atoms with Crippen LogP contribution < -0.4 is 15.0 Å². The Morgan fingerprint density at radius 1 is 1.13 bits per heavy atom. The number of aromatic nitrogens is 3. The number of fused-ring (bicyclic) bond motifs is 6. The third-order valence-corrected chi connectivity index (χ3v) is 10.1. The van der Waals surface area contributed by atoms with Crippen LogP contribution in [0.5, 0.6) is 11.8 Å². The number of anilines is 1. The molecule has 2 aromatic heterocycles. The second kappa shape index (κ2) is 10.4. The molecule has 11 nitrogen and oxygen atoms in total. The molecule has 46 heavy (non-hydrogen) atoms. The van der Waals surface area contributed by atoms with Crippen LogP contribution in [0.1, 0.15) is 37.7 Å². The van der Waals surface area contributed by atoms with Gasteiger partial charge in [0.2, 0.25) is 5.91 Å². The number of terminal acetylenes is 1. The number of piperazine rings is 1. The third-order valence-electron chi connectivity index (χ3n) is 10.1. The van der Waals surface area contributed by atoms with Crippen LogP contribution in [0.2, 0.25) is 0 Å². The zero-order valence-electron chi connectivity index (χ0n) is 24.7. The number of hydrogen-bond acceptors (Lipinski definition) is 11. The molecule has 5 aliphatic rings. The minimum absolute atomic E-state index is 0.0625. The summed E-state index contributed by atoms with van der Waals surface area (Å²) in [5.74, 6) is -0.941. The molecular weight excluding hydrogens is 598 g/mol. The van der Waals surface area contributed by atoms with E-state index in [2.05, 4.69) is 26.1 Å². The average Bonchev–Trinajstić information content (AvgIpc) is 3.52. The lowest BCUT2D eigenvalue weighted by Gasteiger charge is -2.46. The van der Waals surface area contributed by atoms with E-state index in [1.165, 1.54) is 35.4 Å². The van der Waals surface area contributed by atoms with Crippen molar-refractivity contribution < 1.29 is 33.9 Å². The maximum Gasteiger partial charge on any atom is 0.319 e. The number of ether oxygens (including phenoxy) is 1. The van der Waals surface area contributed by atoms with Crippen molar-refractivity contribution in [2.75, 3.05) is 31.1 Å². The molecule has 2 aromatic carbocycles. The number of nitrogens with zero attached hydrogens (tertiary/aromatic N) is 5. The highest BCUT2D eigenvalue weighted by Crippen LogP contribution is 2.46. The standard InChI is InChI=1S/C33H32F2N6O5/c1-2-22-25(34)6-3-17-9-20(42)10-23(26(17)22)28-27(35)29-24(13-37-28)30(40-14-18-4-5-19(40)12-36-18)39-31(38-29)46-16-32-7-8-33(44,45)41(32)15-21(43)11-32/h1,3,6,9-10,13,18-19,21,36,42-45H,4-5,7-8,11-12,14-16H2. The Morgan fingerprint density at radius 3 is 2.72 bits per heavy atom. The molecule has 0 amide bonds. The minimum Gasteiger partial charge on any atom is -0.508 e. The third kappa shape index (κ3) is 4.47. The first-order valence-electron chi connectivity index (χ1n) is 15.4. The Hall–Kier alpha value is -4.19. The second-order valence-electron chi connectivity index (χ2n) is 12.9. The minimum atomic E-state index is -2.08. The lowest BCUT2D eigenvalue weighted by Crippen LogP contribution is -2.61. The van der Waals surface area contributed by atoms with E-state index in [0.717, 1.165) is 19.4 Å². The van der Waals surface area contributed by atoms with Crippen LogP contribution in [0.15, 0.2) is 30.5 Å². The number of piperidine rings is 2. The Bertz CT molecular complexity index is 1940. The molecule has 0 spiro atoms. The molecule has 9 rings (SSSR count). The lowest BCUT2D eigenvalue weighted by atomic mass is 9.92. The van der Waals surface area contributed by atoms with Gasteiger partial charge in [-0.1, -0.05) is 12.0 Å². The number of phenols is 1. The summed E-state index contributed by atoms with van der Waals surface area (Å²) in [5.41, 5.74) is -1.11. The van der Waals surface area contributed by atoms with Crippen LogP contribution in [0.4, 0.5) is 14.6 Å². The van der Waals surface area contributed by atoms with Gasteiger partial charge in [-0.25, -0.2) is 13.7 Å². The normalized spacial score (nSPS) is 27.0. The van der Waals surface area contributed by atoms with E-state index in [0.29, 0.717) is 29.6 Å². The molecule has 4 atom stereocenters. The van der Waals surface area contributed by atoms with Gasteiger partial charge in [0, 0.05) is 55.3 Å². The number of aromatic hydroxyl groups is 1. The van der Waals surface area contributed by atoms with E-state index in [1.807, 2.05) is 0 Å². The predicted octanol–water partition coefficient (Wildman–Crippen LogP) is 2.37. The van der Waals surface area contributed by atoms with E-state index in [4.69, 9.17) is 16.1 Å². The maximum atomic E-state index is 16.8. The van der Waals surface area contributed by atoms with Crippen molar-refractivity contribution in [3.8, 4) is 35.4 Å². The number of pyridine rings is 1. The van der Waals surface area contributed by atoms with Gasteiger partial charge in [-0.2, -0.15) is 9.97 Å². The number of hydrogen-bond donors (Lipinski definition) is 5. The molecule has 5 saturated heterocycles. The molecule has 5 aliphatic heterocycles. The monoisotopic (exact) mass is 630 g/mol. The highest BCUT2D eigenvalue weighted by molar-refractivity contribution is 6.03. The Labute approximate surface area is 262 Å². The number of rotatable bonds is 5. The van der Waals surface area contributed by atoms with Gasteiger partial charge in [0.1, 0.15) is 35.2 Å². The van der Waals surface area contributed by atoms with Crippen LogP contribution in [-0.2, 0) is 0 Å². The van der Waals surface area contributed by atoms with Crippen LogP contribution in [0.25, 0.3) is 32.9 Å². The number of aliphatic hydroxyl groups excluding tert-OH is 1. The van der Waals surface area contributed by atoms with Gasteiger partial charge in [0.15, 0.2) is 5.82 Å². The van der Waals surface area contributed by atoms with Crippen molar-refractivity contribution in [2.45, 2.75) is 61.7 Å². The van der Waals surface area contributed by atoms with Crippen LogP contribution in [0, 0.1) is 24.0 Å². The average molecular weight is 631 g/mol. The highest BCUT2D eigenvalue weighted by Gasteiger charge is 2.59. The molecule has 5 fully saturated rings. The topological polar surface area (TPSA) is 147 Å². The van der Waals surface area contributed by atoms with Crippen molar-refractivity contribution in [1.29, 1.82) is 0 Å². The number of aliphatic hydroxyl groups is 3. The van der Waals surface area contributed by atoms with Gasteiger partial charge in [-0.05, 0) is 49.3 Å². The quantitative estimate of drug-likeness (QED) is 0.164. The molecule has 2 bridgehead atoms. The summed E-state index contributed by atoms with van der Waals surface area (Å²) in [6.07, 6.45) is 9.01. The van der Waals surface area contributed by atoms with Crippen molar-refractivity contribution in [3.05, 3.63) is 47.7 Å². The number of nitrogens with one attached hydrogen (secondary N) is 1. The maximum absolute atomic E-state index is 16.8. The van der Waals surface area contributed by atoms with E-state index in [9.17, 15) is 24.8 Å². The smallest absolute Gasteiger partial charge is 0.319 e. The second-order valence-corrected chi connectivity index (χ2v) is 12.9. The number of halogens is 2. The fourth-order valence-corrected chi connectivity index (χ4v) is 7.94. The van der Waals surface area contributed by atoms with Crippen molar-refractivity contribution >= 4 is 27.5 Å². The number of benzene rings is 2. The molecule has 238 valence electrons. The van der Waals surface area contributed by atoms with E-state index >= 15 is 4.39 Å². The van der Waals surface area contributed by atoms with Gasteiger partial charge >= 0.3 is 6.01 Å². The Balaban J connectivity index is 1.28. The zero-order valence-corrected chi connectivity index (χ0v) is 24.7. The summed E-state index contributed by atoms with van der Waals surface area (Å²) in [4.78, 5) is 17.3. The molecule has 0 saturated carbocycles. The first kappa shape index (κ1) is 29.2. The molecule has 0 aliphatic carbocycles. The molecular formula is C33H32F2N6O5.